The third-order valence-corrected chi connectivity index (χ3v) is 7.61. The van der Waals surface area contributed by atoms with Crippen molar-refractivity contribution in [2.24, 2.45) is 7.05 Å². The minimum absolute atomic E-state index is 0.270. The van der Waals surface area contributed by atoms with E-state index in [-0.39, 0.29) is 5.82 Å². The monoisotopic (exact) mass is 485 g/mol. The first kappa shape index (κ1) is 21.8. The number of benzene rings is 4. The van der Waals surface area contributed by atoms with Crippen LogP contribution in [0.5, 0.6) is 0 Å². The summed E-state index contributed by atoms with van der Waals surface area (Å²) < 4.78 is 24.2. The predicted octanol–water partition coefficient (Wildman–Crippen LogP) is 7.89. The molecule has 4 aromatic carbocycles. The third-order valence-electron chi connectivity index (χ3n) is 7.61. The van der Waals surface area contributed by atoms with Gasteiger partial charge >= 0.3 is 0 Å². The smallest absolute Gasteiger partial charge is 0.216 e. The second-order valence-corrected chi connectivity index (χ2v) is 9.81. The molecule has 0 bridgehead atoms. The van der Waals surface area contributed by atoms with Gasteiger partial charge in [0.2, 0.25) is 5.69 Å². The summed E-state index contributed by atoms with van der Waals surface area (Å²) >= 11 is 0. The van der Waals surface area contributed by atoms with Gasteiger partial charge in [-0.15, -0.1) is 0 Å². The number of furan rings is 1. The highest BCUT2D eigenvalue weighted by Crippen LogP contribution is 2.43. The Bertz CT molecular complexity index is 1820. The lowest BCUT2D eigenvalue weighted by atomic mass is 9.97. The van der Waals surface area contributed by atoms with E-state index in [1.54, 1.807) is 6.07 Å². The Labute approximate surface area is 215 Å². The van der Waals surface area contributed by atoms with E-state index < -0.39 is 0 Å². The zero-order valence-corrected chi connectivity index (χ0v) is 20.8. The van der Waals surface area contributed by atoms with Crippen LogP contribution in [-0.2, 0) is 13.5 Å². The van der Waals surface area contributed by atoms with Gasteiger partial charge in [0, 0.05) is 40.8 Å². The molecule has 1 aliphatic rings. The molecular formula is C33H26FN2O+. The number of para-hydroxylation sites is 1. The van der Waals surface area contributed by atoms with Gasteiger partial charge in [-0.2, -0.15) is 0 Å². The molecule has 0 spiro atoms. The van der Waals surface area contributed by atoms with Crippen LogP contribution in [0.3, 0.4) is 0 Å². The Balaban J connectivity index is 1.43. The lowest BCUT2D eigenvalue weighted by molar-refractivity contribution is -0.660. The maximum atomic E-state index is 15.5. The van der Waals surface area contributed by atoms with Crippen LogP contribution in [0.25, 0.3) is 44.3 Å². The third kappa shape index (κ3) is 3.36. The highest BCUT2D eigenvalue weighted by Gasteiger charge is 2.25. The maximum Gasteiger partial charge on any atom is 0.216 e. The average Bonchev–Trinajstić information content (AvgIpc) is 3.51. The first-order chi connectivity index (χ1) is 18.1. The van der Waals surface area contributed by atoms with Crippen molar-refractivity contribution in [3.05, 3.63) is 114 Å². The van der Waals surface area contributed by atoms with Gasteiger partial charge in [0.1, 0.15) is 24.0 Å². The van der Waals surface area contributed by atoms with Crippen molar-refractivity contribution in [1.29, 1.82) is 0 Å². The summed E-state index contributed by atoms with van der Waals surface area (Å²) in [7, 11) is 2.03. The number of hydrogen-bond acceptors (Lipinski definition) is 2. The molecule has 2 aromatic heterocycles. The lowest BCUT2D eigenvalue weighted by Crippen LogP contribution is -2.30. The molecule has 3 nitrogen and oxygen atoms in total. The zero-order chi connectivity index (χ0) is 25.1. The minimum Gasteiger partial charge on any atom is -0.454 e. The van der Waals surface area contributed by atoms with Crippen molar-refractivity contribution in [3.8, 4) is 22.4 Å². The van der Waals surface area contributed by atoms with Gasteiger partial charge in [0.25, 0.3) is 0 Å². The van der Waals surface area contributed by atoms with Crippen molar-refractivity contribution >= 4 is 33.3 Å². The van der Waals surface area contributed by atoms with E-state index in [0.29, 0.717) is 11.1 Å². The fourth-order valence-electron chi connectivity index (χ4n) is 5.78. The normalized spacial score (nSPS) is 13.0. The largest absolute Gasteiger partial charge is 0.454 e. The van der Waals surface area contributed by atoms with Gasteiger partial charge < -0.3 is 9.32 Å². The molecule has 1 aliphatic heterocycles. The SMILES string of the molecule is Cc1ccc2c(oc3c(-c4ccc5c(c4)CCN5c4ccccc4)c(F)ccc32)c1-c1cccc[n+]1C. The molecule has 6 aromatic rings. The molecule has 3 heterocycles. The van der Waals surface area contributed by atoms with E-state index in [2.05, 4.69) is 71.0 Å². The highest BCUT2D eigenvalue weighted by atomic mass is 19.1. The van der Waals surface area contributed by atoms with Crippen molar-refractivity contribution in [1.82, 2.24) is 0 Å². The van der Waals surface area contributed by atoms with Crippen LogP contribution in [0, 0.1) is 12.7 Å². The Hall–Kier alpha value is -4.44. The summed E-state index contributed by atoms with van der Waals surface area (Å²) in [5.74, 6) is -0.270. The fourth-order valence-corrected chi connectivity index (χ4v) is 5.78. The molecule has 7 rings (SSSR count). The highest BCUT2D eigenvalue weighted by molar-refractivity contribution is 6.13. The number of aryl methyl sites for hydroxylation is 2. The van der Waals surface area contributed by atoms with Crippen molar-refractivity contribution in [2.75, 3.05) is 11.4 Å². The number of hydrogen-bond donors (Lipinski definition) is 0. The summed E-state index contributed by atoms with van der Waals surface area (Å²) in [5, 5.41) is 1.93. The van der Waals surface area contributed by atoms with Gasteiger partial charge in [0.15, 0.2) is 6.20 Å². The number of pyridine rings is 1. The molecular weight excluding hydrogens is 459 g/mol. The van der Waals surface area contributed by atoms with Crippen LogP contribution in [0.1, 0.15) is 11.1 Å². The molecule has 4 heteroatoms. The van der Waals surface area contributed by atoms with E-state index >= 15 is 4.39 Å². The summed E-state index contributed by atoms with van der Waals surface area (Å²) in [6.45, 7) is 3.01. The first-order valence-corrected chi connectivity index (χ1v) is 12.7. The topological polar surface area (TPSA) is 20.3 Å². The Morgan fingerprint density at radius 1 is 0.811 bits per heavy atom. The Morgan fingerprint density at radius 3 is 2.38 bits per heavy atom. The van der Waals surface area contributed by atoms with E-state index in [9.17, 15) is 0 Å². The van der Waals surface area contributed by atoms with Crippen LogP contribution in [0.2, 0.25) is 0 Å². The molecule has 0 fully saturated rings. The Kier molecular flexibility index (Phi) is 4.90. The van der Waals surface area contributed by atoms with Crippen molar-refractivity contribution < 1.29 is 13.4 Å². The average molecular weight is 486 g/mol. The number of halogens is 1. The molecule has 0 aliphatic carbocycles. The Morgan fingerprint density at radius 2 is 1.57 bits per heavy atom. The van der Waals surface area contributed by atoms with Crippen LogP contribution in [-0.4, -0.2) is 6.54 Å². The molecule has 0 radical (unpaired) electrons. The molecule has 0 saturated carbocycles. The van der Waals surface area contributed by atoms with Crippen LogP contribution in [0.15, 0.2) is 102 Å². The molecule has 0 amide bonds. The fraction of sp³-hybridized carbons (Fsp3) is 0.121. The van der Waals surface area contributed by atoms with Crippen LogP contribution >= 0.6 is 0 Å². The molecule has 0 N–H and O–H groups in total. The van der Waals surface area contributed by atoms with E-state index in [4.69, 9.17) is 4.42 Å². The second kappa shape index (κ2) is 8.31. The van der Waals surface area contributed by atoms with Crippen LogP contribution in [0.4, 0.5) is 15.8 Å². The number of anilines is 2. The summed E-state index contributed by atoms with van der Waals surface area (Å²) in [6, 6.07) is 30.4. The first-order valence-electron chi connectivity index (χ1n) is 12.7. The summed E-state index contributed by atoms with van der Waals surface area (Å²) in [4.78, 5) is 2.33. The predicted molar refractivity (Wildman–Crippen MR) is 148 cm³/mol. The van der Waals surface area contributed by atoms with Gasteiger partial charge in [-0.05, 0) is 72.5 Å². The second-order valence-electron chi connectivity index (χ2n) is 9.81. The molecule has 0 unspecified atom stereocenters. The van der Waals surface area contributed by atoms with Crippen LogP contribution < -0.4 is 9.47 Å². The standard InChI is InChI=1S/C33H26FN2O/c1-21-11-13-25-26-14-15-27(34)31(33(26)37-32(25)30(21)29-10-6-7-18-35(29)2)23-12-16-28-22(20-23)17-19-36(28)24-8-4-3-5-9-24/h3-16,18,20H,17,19H2,1-2H3/q+1. The van der Waals surface area contributed by atoms with E-state index in [1.807, 2.05) is 43.6 Å². The van der Waals surface area contributed by atoms with Crippen molar-refractivity contribution in [3.63, 3.8) is 0 Å². The minimum atomic E-state index is -0.270. The number of nitrogens with zero attached hydrogens (tertiary/aromatic N) is 2. The number of fused-ring (bicyclic) bond motifs is 4. The molecule has 37 heavy (non-hydrogen) atoms. The van der Waals surface area contributed by atoms with E-state index in [1.165, 1.54) is 16.9 Å². The molecule has 0 atom stereocenters. The van der Waals surface area contributed by atoms with Crippen molar-refractivity contribution in [2.45, 2.75) is 13.3 Å². The molecule has 0 saturated heterocycles. The van der Waals surface area contributed by atoms with Gasteiger partial charge in [-0.25, -0.2) is 8.96 Å². The lowest BCUT2D eigenvalue weighted by Gasteiger charge is -2.19. The maximum absolute atomic E-state index is 15.5. The van der Waals surface area contributed by atoms with E-state index in [0.717, 1.165) is 51.7 Å². The summed E-state index contributed by atoms with van der Waals surface area (Å²) in [5.41, 5.74) is 9.56. The quantitative estimate of drug-likeness (QED) is 0.238. The van der Waals surface area contributed by atoms with Gasteiger partial charge in [-0.3, -0.25) is 0 Å². The number of rotatable bonds is 3. The number of aromatic nitrogens is 1. The zero-order valence-electron chi connectivity index (χ0n) is 20.8. The van der Waals surface area contributed by atoms with Gasteiger partial charge in [0.05, 0.1) is 11.1 Å². The van der Waals surface area contributed by atoms with Gasteiger partial charge in [-0.1, -0.05) is 36.4 Å². The molecule has 180 valence electrons. The summed E-state index contributed by atoms with van der Waals surface area (Å²) in [6.07, 6.45) is 2.95.